The van der Waals surface area contributed by atoms with Crippen LogP contribution in [0.5, 0.6) is 0 Å². The number of aryl methyl sites for hydroxylation is 2. The lowest BCUT2D eigenvalue weighted by molar-refractivity contribution is -0.119. The van der Waals surface area contributed by atoms with Crippen LogP contribution in [0.1, 0.15) is 40.1 Å². The van der Waals surface area contributed by atoms with Crippen molar-refractivity contribution in [3.63, 3.8) is 0 Å². The number of hydrogen-bond donors (Lipinski definition) is 1. The largest absolute Gasteiger partial charge is 0.333 e. The molecule has 0 saturated carbocycles. The van der Waals surface area contributed by atoms with Crippen molar-refractivity contribution >= 4 is 39.5 Å². The Labute approximate surface area is 152 Å². The number of anilines is 1. The second kappa shape index (κ2) is 6.20. The van der Waals surface area contributed by atoms with Gasteiger partial charge in [-0.3, -0.25) is 9.59 Å². The van der Waals surface area contributed by atoms with Gasteiger partial charge in [0.1, 0.15) is 6.04 Å². The van der Waals surface area contributed by atoms with E-state index in [1.807, 2.05) is 13.8 Å². The average molecular weight is 372 g/mol. The van der Waals surface area contributed by atoms with Gasteiger partial charge >= 0.3 is 0 Å². The Bertz CT molecular complexity index is 969. The fraction of sp³-hybridized carbons (Fsp3) is 0.294. The van der Waals surface area contributed by atoms with Crippen LogP contribution in [-0.4, -0.2) is 26.2 Å². The van der Waals surface area contributed by atoms with Gasteiger partial charge < -0.3 is 9.88 Å². The zero-order valence-electron chi connectivity index (χ0n) is 13.8. The Morgan fingerprint density at radius 3 is 2.96 bits per heavy atom. The molecule has 0 saturated heterocycles. The van der Waals surface area contributed by atoms with E-state index in [1.54, 1.807) is 40.4 Å². The minimum absolute atomic E-state index is 0.0848. The summed E-state index contributed by atoms with van der Waals surface area (Å²) in [6.07, 6.45) is 4.46. The molecular formula is C17H16N4O2S2. The zero-order chi connectivity index (χ0) is 17.6. The van der Waals surface area contributed by atoms with E-state index < -0.39 is 0 Å². The molecule has 4 rings (SSSR count). The van der Waals surface area contributed by atoms with Gasteiger partial charge in [-0.25, -0.2) is 9.97 Å². The van der Waals surface area contributed by atoms with Gasteiger partial charge in [-0.1, -0.05) is 11.3 Å². The van der Waals surface area contributed by atoms with Crippen LogP contribution >= 0.6 is 22.7 Å². The number of thiazole rings is 2. The molecule has 4 heterocycles. The molecule has 3 aromatic rings. The molecular weight excluding hydrogens is 356 g/mol. The molecule has 25 heavy (non-hydrogen) atoms. The summed E-state index contributed by atoms with van der Waals surface area (Å²) in [7, 11) is 0. The molecule has 0 fully saturated rings. The molecule has 3 aromatic heterocycles. The first kappa shape index (κ1) is 16.2. The number of ketones is 1. The van der Waals surface area contributed by atoms with Gasteiger partial charge in [-0.15, -0.1) is 11.3 Å². The van der Waals surface area contributed by atoms with E-state index in [4.69, 9.17) is 0 Å². The van der Waals surface area contributed by atoms with Gasteiger partial charge in [-0.2, -0.15) is 0 Å². The van der Waals surface area contributed by atoms with Crippen molar-refractivity contribution in [1.29, 1.82) is 0 Å². The van der Waals surface area contributed by atoms with Crippen LogP contribution in [0, 0.1) is 13.8 Å². The van der Waals surface area contributed by atoms with Crippen LogP contribution in [0.4, 0.5) is 5.13 Å². The molecule has 1 aliphatic heterocycles. The summed E-state index contributed by atoms with van der Waals surface area (Å²) in [5, 5.41) is 4.47. The number of Topliss-reactive ketones (excluding diaryl/α,β-unsaturated/α-hetero) is 1. The molecule has 6 nitrogen and oxygen atoms in total. The van der Waals surface area contributed by atoms with Crippen LogP contribution in [0.15, 0.2) is 24.5 Å². The minimum atomic E-state index is -0.373. The lowest BCUT2D eigenvalue weighted by atomic mass is 10.0. The number of aromatic nitrogens is 3. The van der Waals surface area contributed by atoms with Gasteiger partial charge in [0.05, 0.1) is 26.1 Å². The summed E-state index contributed by atoms with van der Waals surface area (Å²) in [5.41, 5.74) is 1.58. The van der Waals surface area contributed by atoms with Crippen molar-refractivity contribution in [1.82, 2.24) is 14.5 Å². The lowest BCUT2D eigenvalue weighted by Crippen LogP contribution is -2.31. The number of fused-ring (bicyclic) bond motifs is 1. The molecule has 1 amide bonds. The molecule has 0 radical (unpaired) electrons. The van der Waals surface area contributed by atoms with E-state index in [2.05, 4.69) is 15.3 Å². The molecule has 1 N–H and O–H groups in total. The van der Waals surface area contributed by atoms with Crippen LogP contribution in [0.2, 0.25) is 0 Å². The summed E-state index contributed by atoms with van der Waals surface area (Å²) < 4.78 is 1.76. The summed E-state index contributed by atoms with van der Waals surface area (Å²) in [6.45, 7) is 3.95. The Kier molecular flexibility index (Phi) is 4.01. The molecule has 1 atom stereocenters. The third kappa shape index (κ3) is 2.91. The second-order valence-corrected chi connectivity index (χ2v) is 8.18. The molecule has 0 aliphatic carbocycles. The SMILES string of the molecule is Cc1nc(C)c(-c2cnc(NC(=O)C3CCC(=O)c4cccn43)s2)s1. The highest BCUT2D eigenvalue weighted by Crippen LogP contribution is 2.36. The van der Waals surface area contributed by atoms with Crippen LogP contribution in [0.3, 0.4) is 0 Å². The minimum Gasteiger partial charge on any atom is -0.333 e. The number of rotatable bonds is 3. The number of carbonyl (C=O) groups is 2. The van der Waals surface area contributed by atoms with E-state index in [0.717, 1.165) is 20.5 Å². The quantitative estimate of drug-likeness (QED) is 0.758. The number of amides is 1. The number of carbonyl (C=O) groups excluding carboxylic acids is 2. The third-order valence-corrected chi connectivity index (χ3v) is 6.38. The van der Waals surface area contributed by atoms with Crippen LogP contribution in [0.25, 0.3) is 9.75 Å². The first-order chi connectivity index (χ1) is 12.0. The third-order valence-electron chi connectivity index (χ3n) is 4.21. The normalized spacial score (nSPS) is 16.7. The van der Waals surface area contributed by atoms with Crippen LogP contribution in [-0.2, 0) is 4.79 Å². The second-order valence-electron chi connectivity index (χ2n) is 5.94. The van der Waals surface area contributed by atoms with Gasteiger partial charge in [-0.05, 0) is 32.4 Å². The Morgan fingerprint density at radius 1 is 1.36 bits per heavy atom. The number of nitrogens with zero attached hydrogens (tertiary/aromatic N) is 3. The summed E-state index contributed by atoms with van der Waals surface area (Å²) in [6, 6.07) is 3.19. The first-order valence-corrected chi connectivity index (χ1v) is 9.57. The molecule has 0 bridgehead atoms. The van der Waals surface area contributed by atoms with E-state index in [9.17, 15) is 9.59 Å². The smallest absolute Gasteiger partial charge is 0.249 e. The van der Waals surface area contributed by atoms with Crippen molar-refractivity contribution in [3.05, 3.63) is 40.9 Å². The molecule has 128 valence electrons. The molecule has 1 aliphatic rings. The molecule has 8 heteroatoms. The standard InChI is InChI=1S/C17H16N4O2S2/c1-9-15(24-10(2)19-9)14-8-18-17(25-14)20-16(23)12-5-6-13(22)11-4-3-7-21(11)12/h3-4,7-8,12H,5-6H2,1-2H3,(H,18,20,23). The van der Waals surface area contributed by atoms with Gasteiger partial charge in [0.15, 0.2) is 10.9 Å². The summed E-state index contributed by atoms with van der Waals surface area (Å²) >= 11 is 3.07. The van der Waals surface area contributed by atoms with Gasteiger partial charge in [0, 0.05) is 18.8 Å². The number of hydrogen-bond acceptors (Lipinski definition) is 6. The fourth-order valence-corrected chi connectivity index (χ4v) is 4.97. The highest BCUT2D eigenvalue weighted by molar-refractivity contribution is 7.24. The summed E-state index contributed by atoms with van der Waals surface area (Å²) in [5.74, 6) is -0.0512. The van der Waals surface area contributed by atoms with E-state index >= 15 is 0 Å². The van der Waals surface area contributed by atoms with Crippen molar-refractivity contribution in [2.45, 2.75) is 32.7 Å². The Hall–Kier alpha value is -2.32. The highest BCUT2D eigenvalue weighted by atomic mass is 32.1. The maximum Gasteiger partial charge on any atom is 0.249 e. The van der Waals surface area contributed by atoms with Crippen molar-refractivity contribution in [2.75, 3.05) is 5.32 Å². The van der Waals surface area contributed by atoms with Crippen molar-refractivity contribution < 1.29 is 9.59 Å². The first-order valence-electron chi connectivity index (χ1n) is 7.94. The average Bonchev–Trinajstić information content (AvgIpc) is 3.28. The fourth-order valence-electron chi connectivity index (χ4n) is 3.08. The predicted molar refractivity (Wildman–Crippen MR) is 98.4 cm³/mol. The Morgan fingerprint density at radius 2 is 2.20 bits per heavy atom. The van der Waals surface area contributed by atoms with Gasteiger partial charge in [0.25, 0.3) is 0 Å². The maximum atomic E-state index is 12.7. The maximum absolute atomic E-state index is 12.7. The van der Waals surface area contributed by atoms with Crippen molar-refractivity contribution in [2.24, 2.45) is 0 Å². The monoisotopic (exact) mass is 372 g/mol. The lowest BCUT2D eigenvalue weighted by Gasteiger charge is -2.24. The molecule has 1 unspecified atom stereocenters. The van der Waals surface area contributed by atoms with E-state index in [-0.39, 0.29) is 17.7 Å². The zero-order valence-corrected chi connectivity index (χ0v) is 15.4. The van der Waals surface area contributed by atoms with E-state index in [0.29, 0.717) is 23.7 Å². The predicted octanol–water partition coefficient (Wildman–Crippen LogP) is 3.84. The topological polar surface area (TPSA) is 76.9 Å². The van der Waals surface area contributed by atoms with E-state index in [1.165, 1.54) is 11.3 Å². The number of nitrogens with one attached hydrogen (secondary N) is 1. The van der Waals surface area contributed by atoms with Crippen molar-refractivity contribution in [3.8, 4) is 9.75 Å². The summed E-state index contributed by atoms with van der Waals surface area (Å²) in [4.78, 5) is 35.4. The Balaban J connectivity index is 1.54. The highest BCUT2D eigenvalue weighted by Gasteiger charge is 2.30. The van der Waals surface area contributed by atoms with Crippen LogP contribution < -0.4 is 5.32 Å². The molecule has 0 aromatic carbocycles. The van der Waals surface area contributed by atoms with Gasteiger partial charge in [0.2, 0.25) is 5.91 Å². The molecule has 0 spiro atoms.